The summed E-state index contributed by atoms with van der Waals surface area (Å²) in [6.45, 7) is 0. The normalized spacial score (nSPS) is 13.9. The summed E-state index contributed by atoms with van der Waals surface area (Å²) >= 11 is 0. The largest absolute Gasteiger partial charge is 0.455 e. The van der Waals surface area contributed by atoms with Crippen molar-refractivity contribution in [2.45, 2.75) is 6.17 Å². The van der Waals surface area contributed by atoms with Gasteiger partial charge in [-0.25, -0.2) is 0 Å². The molecule has 1 aliphatic rings. The first-order chi connectivity index (χ1) is 27.7. The molecule has 2 aromatic heterocycles. The molecule has 1 aliphatic heterocycles. The summed E-state index contributed by atoms with van der Waals surface area (Å²) in [6.07, 6.45) is -0.259. The molecule has 0 saturated carbocycles. The number of nitrogens with zero attached hydrogens (tertiary/aromatic N) is 3. The van der Waals surface area contributed by atoms with Crippen LogP contribution in [0.25, 0.3) is 60.6 Å². The predicted octanol–water partition coefficient (Wildman–Crippen LogP) is 13.1. The highest BCUT2D eigenvalue weighted by Crippen LogP contribution is 2.45. The van der Waals surface area contributed by atoms with Gasteiger partial charge in [0.2, 0.25) is 0 Å². The zero-order valence-corrected chi connectivity index (χ0v) is 30.7. The molecule has 5 heteroatoms. The summed E-state index contributed by atoms with van der Waals surface area (Å²) in [5.74, 6) is 0. The highest BCUT2D eigenvalue weighted by molar-refractivity contribution is 6.17. The molecule has 0 radical (unpaired) electrons. The second kappa shape index (κ2) is 12.9. The zero-order valence-electron chi connectivity index (χ0n) is 30.7. The molecule has 11 rings (SSSR count). The molecule has 56 heavy (non-hydrogen) atoms. The van der Waals surface area contributed by atoms with E-state index in [-0.39, 0.29) is 6.17 Å². The van der Waals surface area contributed by atoms with Gasteiger partial charge in [-0.05, 0) is 71.8 Å². The van der Waals surface area contributed by atoms with Crippen molar-refractivity contribution >= 4 is 66.5 Å². The predicted molar refractivity (Wildman–Crippen MR) is 233 cm³/mol. The number of para-hydroxylation sites is 4. The van der Waals surface area contributed by atoms with Crippen LogP contribution in [0.2, 0.25) is 0 Å². The monoisotopic (exact) mass is 720 g/mol. The fourth-order valence-corrected chi connectivity index (χ4v) is 8.54. The third-order valence-electron chi connectivity index (χ3n) is 11.2. The lowest BCUT2D eigenvalue weighted by molar-refractivity contribution is 0.670. The maximum absolute atomic E-state index is 6.75. The minimum Gasteiger partial charge on any atom is -0.455 e. The second-order valence-electron chi connectivity index (χ2n) is 14.4. The molecule has 8 aromatic carbocycles. The fourth-order valence-electron chi connectivity index (χ4n) is 8.54. The van der Waals surface area contributed by atoms with E-state index in [0.29, 0.717) is 0 Å². The Bertz CT molecular complexity index is 3140. The third-order valence-corrected chi connectivity index (χ3v) is 11.2. The second-order valence-corrected chi connectivity index (χ2v) is 14.4. The Balaban J connectivity index is 1.11. The number of rotatable bonds is 6. The van der Waals surface area contributed by atoms with Gasteiger partial charge in [0.25, 0.3) is 0 Å². The van der Waals surface area contributed by atoms with E-state index in [9.17, 15) is 0 Å². The van der Waals surface area contributed by atoms with E-state index in [2.05, 4.69) is 204 Å². The Morgan fingerprint density at radius 2 is 1.29 bits per heavy atom. The lowest BCUT2D eigenvalue weighted by Crippen LogP contribution is -2.20. The molecule has 1 N–H and O–H groups in total. The molecule has 1 atom stereocenters. The van der Waals surface area contributed by atoms with Crippen LogP contribution in [0.4, 0.5) is 17.1 Å². The van der Waals surface area contributed by atoms with Crippen molar-refractivity contribution in [3.63, 3.8) is 0 Å². The van der Waals surface area contributed by atoms with Gasteiger partial charge >= 0.3 is 0 Å². The summed E-state index contributed by atoms with van der Waals surface area (Å²) in [4.78, 5) is 7.60. The highest BCUT2D eigenvalue weighted by Gasteiger charge is 2.24. The van der Waals surface area contributed by atoms with Gasteiger partial charge in [-0.15, -0.1) is 0 Å². The highest BCUT2D eigenvalue weighted by atomic mass is 16.3. The van der Waals surface area contributed by atoms with Gasteiger partial charge < -0.3 is 19.2 Å². The molecule has 0 bridgehead atoms. The van der Waals surface area contributed by atoms with Crippen LogP contribution in [0.5, 0.6) is 0 Å². The number of hydrogen-bond acceptors (Lipinski definition) is 4. The molecule has 3 heterocycles. The van der Waals surface area contributed by atoms with Crippen molar-refractivity contribution < 1.29 is 4.42 Å². The van der Waals surface area contributed by atoms with Gasteiger partial charge in [0.1, 0.15) is 17.3 Å². The van der Waals surface area contributed by atoms with Crippen LogP contribution in [0.15, 0.2) is 197 Å². The van der Waals surface area contributed by atoms with E-state index in [1.807, 2.05) is 6.07 Å². The van der Waals surface area contributed by atoms with E-state index in [1.54, 1.807) is 0 Å². The van der Waals surface area contributed by atoms with Crippen molar-refractivity contribution in [2.75, 3.05) is 17.3 Å². The Kier molecular flexibility index (Phi) is 7.39. The maximum atomic E-state index is 6.75. The van der Waals surface area contributed by atoms with Crippen molar-refractivity contribution in [2.24, 2.45) is 4.99 Å². The molecule has 0 fully saturated rings. The van der Waals surface area contributed by atoms with Crippen LogP contribution < -0.4 is 10.2 Å². The molecule has 0 aliphatic carbocycles. The average Bonchev–Trinajstić information content (AvgIpc) is 3.81. The Labute approximate surface area is 324 Å². The van der Waals surface area contributed by atoms with Gasteiger partial charge in [-0.1, -0.05) is 127 Å². The number of aliphatic imine (C=N–C) groups is 1. The molecule has 0 saturated heterocycles. The lowest BCUT2D eigenvalue weighted by Gasteiger charge is -2.26. The summed E-state index contributed by atoms with van der Waals surface area (Å²) < 4.78 is 9.14. The van der Waals surface area contributed by atoms with Crippen LogP contribution in [-0.4, -0.2) is 17.3 Å². The summed E-state index contributed by atoms with van der Waals surface area (Å²) in [6, 6.07) is 66.6. The lowest BCUT2D eigenvalue weighted by atomic mass is 9.97. The van der Waals surface area contributed by atoms with Gasteiger partial charge in [-0.2, -0.15) is 0 Å². The van der Waals surface area contributed by atoms with Crippen LogP contribution >= 0.6 is 0 Å². The van der Waals surface area contributed by atoms with Crippen LogP contribution in [0, 0.1) is 0 Å². The number of fused-ring (bicyclic) bond motifs is 7. The molecular formula is C51H36N4O. The molecule has 5 nitrogen and oxygen atoms in total. The summed E-state index contributed by atoms with van der Waals surface area (Å²) in [5.41, 5.74) is 14.8. The fraction of sp³-hybridized carbons (Fsp3) is 0.0392. The molecular weight excluding hydrogens is 685 g/mol. The number of aromatic nitrogens is 1. The number of furan rings is 1. The van der Waals surface area contributed by atoms with E-state index in [1.165, 1.54) is 10.8 Å². The first kappa shape index (κ1) is 32.1. The van der Waals surface area contributed by atoms with E-state index in [0.717, 1.165) is 89.3 Å². The van der Waals surface area contributed by atoms with Crippen molar-refractivity contribution in [1.29, 1.82) is 0 Å². The zero-order chi connectivity index (χ0) is 37.2. The number of nitrogens with one attached hydrogen (secondary N) is 1. The molecule has 10 aromatic rings. The molecule has 266 valence electrons. The number of benzene rings is 8. The van der Waals surface area contributed by atoms with Crippen LogP contribution in [0.1, 0.15) is 22.9 Å². The standard InChI is InChI=1S/C51H36N4O/c1-54(36-18-6-3-7-19-36)45-30-29-41-40-22-10-13-26-47(40)56-50(41)48(45)34-27-28-39-38-21-9-12-25-44(38)55(46(39)32-34)37-20-14-17-35(31-37)51-52-43-24-11-8-23-42(43)49(53-51)33-15-4-2-5-16-33/h2-32,51-52H,1H3. The minimum absolute atomic E-state index is 0.259. The summed E-state index contributed by atoms with van der Waals surface area (Å²) in [5, 5.41) is 8.35. The van der Waals surface area contributed by atoms with Crippen LogP contribution in [-0.2, 0) is 0 Å². The molecule has 0 spiro atoms. The Morgan fingerprint density at radius 1 is 0.571 bits per heavy atom. The third kappa shape index (κ3) is 5.13. The van der Waals surface area contributed by atoms with E-state index >= 15 is 0 Å². The SMILES string of the molecule is CN(c1ccccc1)c1ccc2c(oc3ccccc32)c1-c1ccc2c3ccccc3n(-c3cccc(C4N=C(c5ccccc5)c5ccccc5N4)c3)c2c1. The smallest absolute Gasteiger partial charge is 0.145 e. The molecule has 1 unspecified atom stereocenters. The Morgan fingerprint density at radius 3 is 2.16 bits per heavy atom. The summed E-state index contributed by atoms with van der Waals surface area (Å²) in [7, 11) is 2.13. The quantitative estimate of drug-likeness (QED) is 0.186. The topological polar surface area (TPSA) is 45.7 Å². The van der Waals surface area contributed by atoms with Gasteiger partial charge in [0.05, 0.1) is 22.4 Å². The first-order valence-corrected chi connectivity index (χ1v) is 19.1. The van der Waals surface area contributed by atoms with E-state index < -0.39 is 0 Å². The minimum atomic E-state index is -0.259. The van der Waals surface area contributed by atoms with Crippen molar-refractivity contribution in [3.8, 4) is 16.8 Å². The molecule has 0 amide bonds. The maximum Gasteiger partial charge on any atom is 0.145 e. The average molecular weight is 721 g/mol. The van der Waals surface area contributed by atoms with Gasteiger partial charge in [0, 0.05) is 62.3 Å². The number of anilines is 3. The number of hydrogen-bond donors (Lipinski definition) is 1. The van der Waals surface area contributed by atoms with Gasteiger partial charge in [0.15, 0.2) is 0 Å². The Hall–Kier alpha value is -7.37. The first-order valence-electron chi connectivity index (χ1n) is 19.1. The van der Waals surface area contributed by atoms with Gasteiger partial charge in [-0.3, -0.25) is 4.99 Å². The van der Waals surface area contributed by atoms with Crippen molar-refractivity contribution in [1.82, 2.24) is 4.57 Å². The van der Waals surface area contributed by atoms with Crippen molar-refractivity contribution in [3.05, 3.63) is 205 Å². The van der Waals surface area contributed by atoms with E-state index in [4.69, 9.17) is 9.41 Å². The van der Waals surface area contributed by atoms with Crippen LogP contribution in [0.3, 0.4) is 0 Å².